The van der Waals surface area contributed by atoms with E-state index >= 15 is 0 Å². The number of carbonyl (C=O) groups excluding carboxylic acids is 1. The summed E-state index contributed by atoms with van der Waals surface area (Å²) in [6.07, 6.45) is -0.855. The van der Waals surface area contributed by atoms with Gasteiger partial charge in [0.1, 0.15) is 11.6 Å². The van der Waals surface area contributed by atoms with Gasteiger partial charge in [-0.05, 0) is 50.8 Å². The lowest BCUT2D eigenvalue weighted by atomic mass is 9.90. The summed E-state index contributed by atoms with van der Waals surface area (Å²) in [5, 5.41) is 3.29. The normalized spacial score (nSPS) is 18.8. The minimum absolute atomic E-state index is 0.0395. The molecule has 32 heavy (non-hydrogen) atoms. The fraction of sp³-hybridized carbons (Fsp3) is 0.476. The average molecular weight is 454 g/mol. The van der Waals surface area contributed by atoms with Gasteiger partial charge in [-0.3, -0.25) is 4.90 Å². The molecule has 174 valence electrons. The van der Waals surface area contributed by atoms with Crippen LogP contribution in [0.5, 0.6) is 0 Å². The number of hydrogen-bond donors (Lipinski definition) is 2. The van der Waals surface area contributed by atoms with Crippen LogP contribution in [-0.2, 0) is 6.18 Å². The van der Waals surface area contributed by atoms with Gasteiger partial charge in [0.15, 0.2) is 0 Å². The number of nitrogens with one attached hydrogen (secondary N) is 1. The Morgan fingerprint density at radius 3 is 2.41 bits per heavy atom. The minimum Gasteiger partial charge on any atom is -0.362 e. The molecule has 1 aromatic heterocycles. The molecule has 0 aliphatic heterocycles. The first kappa shape index (κ1) is 23.6. The zero-order valence-electron chi connectivity index (χ0n) is 18.1. The lowest BCUT2D eigenvalue weighted by Crippen LogP contribution is -2.47. The molecular weight excluding hydrogens is 428 g/mol. The van der Waals surface area contributed by atoms with Gasteiger partial charge in [-0.15, -0.1) is 0 Å². The third-order valence-electron chi connectivity index (χ3n) is 5.53. The van der Waals surface area contributed by atoms with Gasteiger partial charge >= 0.3 is 12.2 Å². The lowest BCUT2D eigenvalue weighted by molar-refractivity contribution is -0.139. The largest absolute Gasteiger partial charge is 0.419 e. The standard InChI is InChI=1S/C21H26F4N6O/c1-12-11-27-20(29-18(12)30(2)3)28-13-4-6-14(7-5-13)31(19(26)32)15-8-9-17(22)16(10-15)21(23,24)25/h8-11,13-14H,4-7H2,1-3H3,(H2,26,32)(H,27,28,29)/t13-,14+. The topological polar surface area (TPSA) is 87.4 Å². The van der Waals surface area contributed by atoms with Crippen molar-refractivity contribution in [3.63, 3.8) is 0 Å². The number of aromatic nitrogens is 2. The molecule has 0 spiro atoms. The molecule has 0 saturated heterocycles. The third kappa shape index (κ3) is 5.20. The molecule has 1 aromatic carbocycles. The number of nitrogens with zero attached hydrogens (tertiary/aromatic N) is 4. The number of urea groups is 1. The Hall–Kier alpha value is -3.11. The van der Waals surface area contributed by atoms with Crippen LogP contribution in [0.1, 0.15) is 36.8 Å². The SMILES string of the molecule is Cc1cnc(N[C@H]2CC[C@@H](N(C(N)=O)c3ccc(F)c(C(F)(F)F)c3)CC2)nc1N(C)C. The van der Waals surface area contributed by atoms with Gasteiger partial charge in [-0.1, -0.05) is 0 Å². The Kier molecular flexibility index (Phi) is 6.75. The maximum Gasteiger partial charge on any atom is 0.419 e. The monoisotopic (exact) mass is 454 g/mol. The summed E-state index contributed by atoms with van der Waals surface area (Å²) in [7, 11) is 3.78. The maximum absolute atomic E-state index is 13.7. The van der Waals surface area contributed by atoms with Crippen LogP contribution in [0.4, 0.5) is 39.8 Å². The molecule has 3 rings (SSSR count). The number of amides is 2. The number of primary amides is 1. The molecule has 1 aliphatic rings. The molecule has 3 N–H and O–H groups in total. The zero-order valence-corrected chi connectivity index (χ0v) is 18.1. The number of hydrogen-bond acceptors (Lipinski definition) is 5. The van der Waals surface area contributed by atoms with Crippen molar-refractivity contribution in [1.29, 1.82) is 0 Å². The van der Waals surface area contributed by atoms with Crippen LogP contribution in [-0.4, -0.2) is 42.2 Å². The van der Waals surface area contributed by atoms with Crippen LogP contribution < -0.4 is 20.9 Å². The highest BCUT2D eigenvalue weighted by atomic mass is 19.4. The summed E-state index contributed by atoms with van der Waals surface area (Å²) in [5.41, 5.74) is 4.93. The molecule has 2 aromatic rings. The van der Waals surface area contributed by atoms with E-state index in [0.717, 1.165) is 22.3 Å². The van der Waals surface area contributed by atoms with Gasteiger partial charge in [0, 0.05) is 43.6 Å². The molecule has 11 heteroatoms. The van der Waals surface area contributed by atoms with Crippen LogP contribution in [0.3, 0.4) is 0 Å². The van der Waals surface area contributed by atoms with Gasteiger partial charge < -0.3 is 16.0 Å². The van der Waals surface area contributed by atoms with Crippen molar-refractivity contribution in [3.05, 3.63) is 41.3 Å². The van der Waals surface area contributed by atoms with Crippen molar-refractivity contribution >= 4 is 23.5 Å². The average Bonchev–Trinajstić information content (AvgIpc) is 2.71. The van der Waals surface area contributed by atoms with Gasteiger partial charge in [0.25, 0.3) is 0 Å². The van der Waals surface area contributed by atoms with Crippen molar-refractivity contribution in [2.45, 2.75) is 50.9 Å². The minimum atomic E-state index is -4.87. The number of anilines is 3. The smallest absolute Gasteiger partial charge is 0.362 e. The Labute approximate surface area is 183 Å². The van der Waals surface area contributed by atoms with Gasteiger partial charge in [-0.25, -0.2) is 14.2 Å². The predicted molar refractivity (Wildman–Crippen MR) is 114 cm³/mol. The molecule has 1 saturated carbocycles. The molecule has 1 heterocycles. The molecule has 0 unspecified atom stereocenters. The van der Waals surface area contributed by atoms with Gasteiger partial charge in [0.05, 0.1) is 5.56 Å². The fourth-order valence-corrected chi connectivity index (χ4v) is 4.01. The Balaban J connectivity index is 1.72. The summed E-state index contributed by atoms with van der Waals surface area (Å²) >= 11 is 0. The molecule has 0 bridgehead atoms. The van der Waals surface area contributed by atoms with Crippen molar-refractivity contribution in [1.82, 2.24) is 9.97 Å². The molecule has 2 amide bonds. The van der Waals surface area contributed by atoms with Crippen LogP contribution in [0.25, 0.3) is 0 Å². The highest BCUT2D eigenvalue weighted by molar-refractivity contribution is 5.91. The lowest BCUT2D eigenvalue weighted by Gasteiger charge is -2.36. The molecule has 1 fully saturated rings. The predicted octanol–water partition coefficient (Wildman–Crippen LogP) is 4.32. The quantitative estimate of drug-likeness (QED) is 0.658. The van der Waals surface area contributed by atoms with E-state index in [-0.39, 0.29) is 11.7 Å². The van der Waals surface area contributed by atoms with Crippen LogP contribution in [0.2, 0.25) is 0 Å². The molecule has 7 nitrogen and oxygen atoms in total. The van der Waals surface area contributed by atoms with Crippen molar-refractivity contribution in [2.75, 3.05) is 29.2 Å². The van der Waals surface area contributed by atoms with E-state index in [0.29, 0.717) is 43.8 Å². The van der Waals surface area contributed by atoms with Crippen LogP contribution >= 0.6 is 0 Å². The first-order valence-electron chi connectivity index (χ1n) is 10.2. The summed E-state index contributed by atoms with van der Waals surface area (Å²) < 4.78 is 53.0. The van der Waals surface area contributed by atoms with E-state index in [9.17, 15) is 22.4 Å². The van der Waals surface area contributed by atoms with Gasteiger partial charge in [-0.2, -0.15) is 18.2 Å². The first-order chi connectivity index (χ1) is 15.0. The Morgan fingerprint density at radius 2 is 1.84 bits per heavy atom. The fourth-order valence-electron chi connectivity index (χ4n) is 4.01. The molecular formula is C21H26F4N6O. The second-order valence-electron chi connectivity index (χ2n) is 8.11. The summed E-state index contributed by atoms with van der Waals surface area (Å²) in [6.45, 7) is 1.92. The van der Waals surface area contributed by atoms with E-state index in [4.69, 9.17) is 5.73 Å². The van der Waals surface area contributed by atoms with Crippen molar-refractivity contribution in [2.24, 2.45) is 5.73 Å². The molecule has 1 aliphatic carbocycles. The number of aryl methyl sites for hydroxylation is 1. The number of benzene rings is 1. The summed E-state index contributed by atoms with van der Waals surface area (Å²) in [5.74, 6) is -0.107. The molecule has 0 atom stereocenters. The highest BCUT2D eigenvalue weighted by Crippen LogP contribution is 2.36. The van der Waals surface area contributed by atoms with Crippen LogP contribution in [0.15, 0.2) is 24.4 Å². The molecule has 0 radical (unpaired) electrons. The highest BCUT2D eigenvalue weighted by Gasteiger charge is 2.36. The van der Waals surface area contributed by atoms with Crippen molar-refractivity contribution in [3.8, 4) is 0 Å². The van der Waals surface area contributed by atoms with E-state index < -0.39 is 29.6 Å². The van der Waals surface area contributed by atoms with E-state index in [2.05, 4.69) is 15.3 Å². The second-order valence-corrected chi connectivity index (χ2v) is 8.11. The Bertz CT molecular complexity index is 973. The zero-order chi connectivity index (χ0) is 23.6. The van der Waals surface area contributed by atoms with Crippen molar-refractivity contribution < 1.29 is 22.4 Å². The second kappa shape index (κ2) is 9.17. The number of alkyl halides is 3. The maximum atomic E-state index is 13.7. The Morgan fingerprint density at radius 1 is 1.19 bits per heavy atom. The van der Waals surface area contributed by atoms with Gasteiger partial charge in [0.2, 0.25) is 5.95 Å². The van der Waals surface area contributed by atoms with E-state index in [1.807, 2.05) is 25.9 Å². The number of halogens is 4. The van der Waals surface area contributed by atoms with E-state index in [1.54, 1.807) is 6.20 Å². The third-order valence-corrected chi connectivity index (χ3v) is 5.53. The first-order valence-corrected chi connectivity index (χ1v) is 10.2. The number of rotatable bonds is 5. The number of carbonyl (C=O) groups is 1. The van der Waals surface area contributed by atoms with E-state index in [1.165, 1.54) is 0 Å². The van der Waals surface area contributed by atoms with Crippen LogP contribution in [0, 0.1) is 12.7 Å². The summed E-state index contributed by atoms with van der Waals surface area (Å²) in [4.78, 5) is 23.9. The summed E-state index contributed by atoms with van der Waals surface area (Å²) in [6, 6.07) is 1.25. The number of nitrogens with two attached hydrogens (primary N) is 1.